The van der Waals surface area contributed by atoms with Crippen LogP contribution in [0.15, 0.2) is 95.9 Å². The molecule has 0 bridgehead atoms. The Morgan fingerprint density at radius 1 is 0.895 bits per heavy atom. The summed E-state index contributed by atoms with van der Waals surface area (Å²) in [6.45, 7) is 7.11. The number of hydrogen-bond acceptors (Lipinski definition) is 12. The number of nitriles is 1. The fourth-order valence-electron chi connectivity index (χ4n) is 6.77. The Labute approximate surface area is 330 Å². The summed E-state index contributed by atoms with van der Waals surface area (Å²) in [5.74, 6) is 1.04. The monoisotopic (exact) mass is 813 g/mol. The van der Waals surface area contributed by atoms with Crippen molar-refractivity contribution in [3.63, 3.8) is 0 Å². The lowest BCUT2D eigenvalue weighted by molar-refractivity contribution is -0.355. The van der Waals surface area contributed by atoms with E-state index in [1.165, 1.54) is 12.3 Å². The molecule has 1 fully saturated rings. The summed E-state index contributed by atoms with van der Waals surface area (Å²) >= 11 is 0. The molecule has 57 heavy (non-hydrogen) atoms. The van der Waals surface area contributed by atoms with Gasteiger partial charge in [0.1, 0.15) is 41.2 Å². The van der Waals surface area contributed by atoms with Gasteiger partial charge in [-0.05, 0) is 74.7 Å². The van der Waals surface area contributed by atoms with Crippen LogP contribution in [0.3, 0.4) is 0 Å². The van der Waals surface area contributed by atoms with Crippen LogP contribution in [0, 0.1) is 11.3 Å². The number of halogens is 3. The van der Waals surface area contributed by atoms with E-state index in [1.54, 1.807) is 38.5 Å². The summed E-state index contributed by atoms with van der Waals surface area (Å²) in [5, 5.41) is 9.31. The van der Waals surface area contributed by atoms with Crippen LogP contribution in [0.1, 0.15) is 57.0 Å². The number of nitrogen functional groups attached to an aromatic ring is 1. The zero-order valence-corrected chi connectivity index (χ0v) is 33.4. The number of rotatable bonds is 18. The van der Waals surface area contributed by atoms with Crippen molar-refractivity contribution in [2.45, 2.75) is 82.7 Å². The minimum absolute atomic E-state index is 0.000847. The summed E-state index contributed by atoms with van der Waals surface area (Å²) < 4.78 is 88.0. The molecule has 3 aromatic carbocycles. The Morgan fingerprint density at radius 2 is 1.46 bits per heavy atom. The number of nitrogens with zero attached hydrogens (tertiary/aromatic N) is 4. The van der Waals surface area contributed by atoms with Gasteiger partial charge in [0.2, 0.25) is 0 Å². The third kappa shape index (κ3) is 10.3. The normalized spacial score (nSPS) is 19.2. The van der Waals surface area contributed by atoms with Crippen LogP contribution in [0.2, 0.25) is 0 Å². The molecule has 0 spiro atoms. The quantitative estimate of drug-likeness (QED) is 0.0609. The lowest BCUT2D eigenvalue weighted by atomic mass is 9.80. The first-order valence-corrected chi connectivity index (χ1v) is 19.3. The number of hydrogen-bond donors (Lipinski definition) is 1. The first-order valence-electron chi connectivity index (χ1n) is 18.2. The van der Waals surface area contributed by atoms with E-state index < -0.39 is 57.3 Å². The molecule has 5 atom stereocenters. The highest BCUT2D eigenvalue weighted by molar-refractivity contribution is 7.44. The van der Waals surface area contributed by atoms with Gasteiger partial charge in [-0.15, -0.1) is 13.2 Å². The Bertz CT molecular complexity index is 1930. The maximum absolute atomic E-state index is 14.4. The van der Waals surface area contributed by atoms with E-state index in [-0.39, 0.29) is 30.9 Å². The predicted molar refractivity (Wildman–Crippen MR) is 206 cm³/mol. The molecule has 0 saturated carbocycles. The minimum atomic E-state index is -5.20. The van der Waals surface area contributed by atoms with Gasteiger partial charge in [0.05, 0.1) is 39.9 Å². The Kier molecular flexibility index (Phi) is 14.7. The van der Waals surface area contributed by atoms with Gasteiger partial charge in [-0.25, -0.2) is 9.46 Å². The lowest BCUT2D eigenvalue weighted by Gasteiger charge is -2.39. The van der Waals surface area contributed by atoms with Gasteiger partial charge in [0.15, 0.2) is 6.23 Å². The van der Waals surface area contributed by atoms with Crippen LogP contribution in [-0.2, 0) is 28.9 Å². The smallest absolute Gasteiger partial charge is 0.497 e. The van der Waals surface area contributed by atoms with Crippen LogP contribution >= 0.6 is 8.53 Å². The largest absolute Gasteiger partial charge is 0.523 e. The number of benzene rings is 3. The molecule has 5 rings (SSSR count). The number of methoxy groups -OCH3 is 2. The van der Waals surface area contributed by atoms with E-state index >= 15 is 0 Å². The summed E-state index contributed by atoms with van der Waals surface area (Å²) in [5.41, 5.74) is 5.37. The molecule has 1 aliphatic rings. The van der Waals surface area contributed by atoms with Crippen molar-refractivity contribution in [2.24, 2.45) is 0 Å². The number of alkyl halides is 3. The van der Waals surface area contributed by atoms with Crippen molar-refractivity contribution in [1.29, 1.82) is 5.26 Å². The maximum atomic E-state index is 14.4. The van der Waals surface area contributed by atoms with Gasteiger partial charge in [-0.3, -0.25) is 9.30 Å². The molecule has 306 valence electrons. The van der Waals surface area contributed by atoms with Crippen molar-refractivity contribution >= 4 is 14.3 Å². The number of anilines is 1. The highest BCUT2D eigenvalue weighted by atomic mass is 31.2. The van der Waals surface area contributed by atoms with Crippen molar-refractivity contribution < 1.29 is 45.9 Å². The van der Waals surface area contributed by atoms with Crippen LogP contribution in [0.4, 0.5) is 19.0 Å². The molecule has 2 heterocycles. The van der Waals surface area contributed by atoms with E-state index in [0.29, 0.717) is 28.2 Å². The zero-order valence-electron chi connectivity index (χ0n) is 32.5. The second-order valence-corrected chi connectivity index (χ2v) is 15.0. The van der Waals surface area contributed by atoms with Gasteiger partial charge in [-0.2, -0.15) is 10.2 Å². The van der Waals surface area contributed by atoms with Gasteiger partial charge in [0, 0.05) is 18.3 Å². The lowest BCUT2D eigenvalue weighted by Crippen LogP contribution is -2.45. The molecular formula is C40H47F3N5O8P. The molecule has 4 aromatic rings. The third-order valence-corrected chi connectivity index (χ3v) is 11.3. The van der Waals surface area contributed by atoms with E-state index in [2.05, 4.69) is 4.98 Å². The zero-order chi connectivity index (χ0) is 41.3. The molecular weight excluding hydrogens is 766 g/mol. The first-order chi connectivity index (χ1) is 27.2. The maximum Gasteiger partial charge on any atom is 0.523 e. The number of aromatic nitrogens is 2. The van der Waals surface area contributed by atoms with Gasteiger partial charge in [-0.1, -0.05) is 54.6 Å². The third-order valence-electron chi connectivity index (χ3n) is 9.19. The molecule has 17 heteroatoms. The number of nitrogens with two attached hydrogens (primary N) is 1. The molecule has 13 nitrogen and oxygen atoms in total. The summed E-state index contributed by atoms with van der Waals surface area (Å²) in [7, 11) is 0.944. The summed E-state index contributed by atoms with van der Waals surface area (Å²) in [6, 6.07) is 26.6. The van der Waals surface area contributed by atoms with Gasteiger partial charge < -0.3 is 33.7 Å². The molecule has 2 N–H and O–H groups in total. The van der Waals surface area contributed by atoms with Crippen LogP contribution in [-0.4, -0.2) is 78.4 Å². The highest BCUT2D eigenvalue weighted by Crippen LogP contribution is 2.52. The van der Waals surface area contributed by atoms with E-state index in [9.17, 15) is 23.2 Å². The second kappa shape index (κ2) is 19.2. The molecule has 1 aliphatic heterocycles. The van der Waals surface area contributed by atoms with Crippen LogP contribution < -0.4 is 20.9 Å². The minimum Gasteiger partial charge on any atom is -0.497 e. The first kappa shape index (κ1) is 43.5. The fraction of sp³-hybridized carbons (Fsp3) is 0.425. The Hall–Kier alpha value is -4.59. The second-order valence-electron chi connectivity index (χ2n) is 13.6. The van der Waals surface area contributed by atoms with Crippen LogP contribution in [0.25, 0.3) is 0 Å². The molecule has 0 amide bonds. The SMILES string of the molecule is COc1ccc(C(OC[C@H]2O[C@@H](n3ccc(N)nc3=O)[C@H](OC(F)(F)F)[C@@H]2OP(OCCC#N)N(C(C)C)C(C)C)(c2ccccc2)c2ccc(OC)cc2)cc1. The average Bonchev–Trinajstić information content (AvgIpc) is 3.50. The van der Waals surface area contributed by atoms with Gasteiger partial charge >= 0.3 is 12.1 Å². The van der Waals surface area contributed by atoms with E-state index in [1.807, 2.05) is 93.0 Å². The molecule has 1 unspecified atom stereocenters. The molecule has 1 aromatic heterocycles. The van der Waals surface area contributed by atoms with Crippen molar-refractivity contribution in [2.75, 3.05) is 33.2 Å². The topological polar surface area (TPSA) is 153 Å². The fourth-order valence-corrected chi connectivity index (χ4v) is 8.54. The standard InChI is InChI=1S/C40H47F3N5O8P/c1-26(2)48(27(3)4)57(53-24-10-22-44)56-35-33(54-37(36(35)55-40(41,42)43)47-23-21-34(45)46-38(47)49)25-52-39(28-11-8-7-9-12-28,29-13-17-31(50-5)18-14-29)30-15-19-32(51-6)20-16-30/h7-9,11-21,23,26-27,33,35-37H,10,24-25H2,1-6H3,(H2,45,46,49)/t33-,35-,36-,37-,57?/m1/s1. The summed E-state index contributed by atoms with van der Waals surface area (Å²) in [4.78, 5) is 16.9. The van der Waals surface area contributed by atoms with Crippen molar-refractivity contribution in [1.82, 2.24) is 14.2 Å². The Balaban J connectivity index is 1.69. The summed E-state index contributed by atoms with van der Waals surface area (Å²) in [6.07, 6.45) is -10.6. The van der Waals surface area contributed by atoms with E-state index in [4.69, 9.17) is 38.5 Å². The number of ether oxygens (including phenoxy) is 5. The molecule has 1 saturated heterocycles. The highest BCUT2D eigenvalue weighted by Gasteiger charge is 2.55. The predicted octanol–water partition coefficient (Wildman–Crippen LogP) is 7.31. The van der Waals surface area contributed by atoms with Crippen molar-refractivity contribution in [3.8, 4) is 17.6 Å². The molecule has 0 aliphatic carbocycles. The van der Waals surface area contributed by atoms with E-state index in [0.717, 1.165) is 4.57 Å². The van der Waals surface area contributed by atoms with Gasteiger partial charge in [0.25, 0.3) is 8.53 Å². The van der Waals surface area contributed by atoms with Crippen LogP contribution in [0.5, 0.6) is 11.5 Å². The Morgan fingerprint density at radius 3 is 1.95 bits per heavy atom. The molecule has 0 radical (unpaired) electrons. The van der Waals surface area contributed by atoms with Crippen molar-refractivity contribution in [3.05, 3.63) is 118 Å². The average molecular weight is 814 g/mol.